The molecule has 2 unspecified atom stereocenters. The first-order chi connectivity index (χ1) is 5.27. The predicted octanol–water partition coefficient (Wildman–Crippen LogP) is 1.13. The largest absolute Gasteiger partial charge is 0.393 e. The third-order valence-electron chi connectivity index (χ3n) is 3.16. The van der Waals surface area contributed by atoms with E-state index in [-0.39, 0.29) is 6.10 Å². The molecule has 0 heterocycles. The molecule has 0 aliphatic heterocycles. The van der Waals surface area contributed by atoms with Crippen LogP contribution >= 0.6 is 0 Å². The van der Waals surface area contributed by atoms with Crippen molar-refractivity contribution in [2.45, 2.75) is 38.2 Å². The number of ketones is 1. The predicted molar refractivity (Wildman–Crippen MR) is 41.1 cm³/mol. The number of hydrogen-bond acceptors (Lipinski definition) is 2. The highest BCUT2D eigenvalue weighted by atomic mass is 16.3. The Morgan fingerprint density at radius 3 is 2.91 bits per heavy atom. The van der Waals surface area contributed by atoms with E-state index in [2.05, 4.69) is 0 Å². The van der Waals surface area contributed by atoms with Gasteiger partial charge in [-0.2, -0.15) is 0 Å². The standard InChI is InChI=1S/C9H14O2/c10-8-3-1-6-5-7(8)2-4-9(6)11/h6-8,10H,1-5H2/t6?,7?,8-/m1/s1. The molecule has 2 saturated carbocycles. The molecule has 2 rings (SSSR count). The van der Waals surface area contributed by atoms with Crippen molar-refractivity contribution in [3.8, 4) is 0 Å². The Balaban J connectivity index is 2.08. The van der Waals surface area contributed by atoms with E-state index in [1.807, 2.05) is 0 Å². The summed E-state index contributed by atoms with van der Waals surface area (Å²) < 4.78 is 0. The number of carbonyl (C=O) groups excluding carboxylic acids is 1. The van der Waals surface area contributed by atoms with Crippen LogP contribution in [0.2, 0.25) is 0 Å². The Bertz CT molecular complexity index is 176. The summed E-state index contributed by atoms with van der Waals surface area (Å²) in [5.74, 6) is 1.18. The summed E-state index contributed by atoms with van der Waals surface area (Å²) in [4.78, 5) is 11.2. The SMILES string of the molecule is O=C1CCC2CC1CC[C@H]2O. The molecule has 3 atom stereocenters. The van der Waals surface area contributed by atoms with Crippen molar-refractivity contribution < 1.29 is 9.90 Å². The highest BCUT2D eigenvalue weighted by Gasteiger charge is 2.36. The normalized spacial score (nSPS) is 44.1. The number of hydrogen-bond donors (Lipinski definition) is 1. The molecule has 1 N–H and O–H groups in total. The zero-order valence-corrected chi connectivity index (χ0v) is 6.62. The van der Waals surface area contributed by atoms with E-state index in [0.717, 1.165) is 25.7 Å². The molecule has 2 fully saturated rings. The van der Waals surface area contributed by atoms with Gasteiger partial charge in [0.15, 0.2) is 0 Å². The van der Waals surface area contributed by atoms with Crippen LogP contribution in [0.25, 0.3) is 0 Å². The van der Waals surface area contributed by atoms with Gasteiger partial charge in [-0.05, 0) is 31.6 Å². The van der Waals surface area contributed by atoms with Crippen LogP contribution in [0.1, 0.15) is 32.1 Å². The van der Waals surface area contributed by atoms with Gasteiger partial charge in [0, 0.05) is 12.3 Å². The maximum Gasteiger partial charge on any atom is 0.136 e. The number of aliphatic hydroxyl groups is 1. The first-order valence-corrected chi connectivity index (χ1v) is 4.48. The van der Waals surface area contributed by atoms with E-state index < -0.39 is 0 Å². The number of carbonyl (C=O) groups is 1. The van der Waals surface area contributed by atoms with E-state index in [0.29, 0.717) is 24.0 Å². The first-order valence-electron chi connectivity index (χ1n) is 4.48. The molecule has 0 amide bonds. The van der Waals surface area contributed by atoms with Crippen molar-refractivity contribution in [2.75, 3.05) is 0 Å². The summed E-state index contributed by atoms with van der Waals surface area (Å²) >= 11 is 0. The molecule has 2 bridgehead atoms. The van der Waals surface area contributed by atoms with Gasteiger partial charge in [-0.1, -0.05) is 0 Å². The van der Waals surface area contributed by atoms with Crippen LogP contribution in [0, 0.1) is 11.8 Å². The van der Waals surface area contributed by atoms with Gasteiger partial charge in [-0.3, -0.25) is 4.79 Å². The highest BCUT2D eigenvalue weighted by molar-refractivity contribution is 5.81. The van der Waals surface area contributed by atoms with Crippen LogP contribution in [-0.2, 0) is 4.79 Å². The minimum absolute atomic E-state index is 0.112. The second kappa shape index (κ2) is 2.59. The minimum Gasteiger partial charge on any atom is -0.393 e. The molecular formula is C9H14O2. The summed E-state index contributed by atoms with van der Waals surface area (Å²) in [5, 5.41) is 9.50. The zero-order chi connectivity index (χ0) is 7.84. The molecule has 0 radical (unpaired) electrons. The molecule has 2 heteroatoms. The smallest absolute Gasteiger partial charge is 0.136 e. The van der Waals surface area contributed by atoms with Gasteiger partial charge in [-0.25, -0.2) is 0 Å². The van der Waals surface area contributed by atoms with Crippen LogP contribution in [0.3, 0.4) is 0 Å². The Kier molecular flexibility index (Phi) is 1.72. The van der Waals surface area contributed by atoms with Crippen LogP contribution < -0.4 is 0 Å². The molecule has 2 aliphatic rings. The van der Waals surface area contributed by atoms with Gasteiger partial charge in [0.05, 0.1) is 6.10 Å². The summed E-state index contributed by atoms with van der Waals surface area (Å²) in [6.45, 7) is 0. The molecule has 11 heavy (non-hydrogen) atoms. The van der Waals surface area contributed by atoms with E-state index in [4.69, 9.17) is 0 Å². The van der Waals surface area contributed by atoms with Crippen molar-refractivity contribution in [2.24, 2.45) is 11.8 Å². The van der Waals surface area contributed by atoms with Crippen LogP contribution in [0.5, 0.6) is 0 Å². The molecule has 0 spiro atoms. The van der Waals surface area contributed by atoms with Crippen LogP contribution in [0.15, 0.2) is 0 Å². The fourth-order valence-corrected chi connectivity index (χ4v) is 2.38. The van der Waals surface area contributed by atoms with Crippen LogP contribution in [0.4, 0.5) is 0 Å². The van der Waals surface area contributed by atoms with Gasteiger partial charge in [0.2, 0.25) is 0 Å². The van der Waals surface area contributed by atoms with E-state index in [1.54, 1.807) is 0 Å². The number of aliphatic hydroxyl groups excluding tert-OH is 1. The van der Waals surface area contributed by atoms with Gasteiger partial charge in [0.1, 0.15) is 5.78 Å². The highest BCUT2D eigenvalue weighted by Crippen LogP contribution is 2.37. The first kappa shape index (κ1) is 7.29. The zero-order valence-electron chi connectivity index (χ0n) is 6.62. The Morgan fingerprint density at radius 1 is 1.27 bits per heavy atom. The summed E-state index contributed by atoms with van der Waals surface area (Å²) in [6.07, 6.45) is 4.26. The fraction of sp³-hybridized carbons (Fsp3) is 0.889. The summed E-state index contributed by atoms with van der Waals surface area (Å²) in [5.41, 5.74) is 0. The fourth-order valence-electron chi connectivity index (χ4n) is 2.38. The third kappa shape index (κ3) is 1.20. The van der Waals surface area contributed by atoms with Gasteiger partial charge < -0.3 is 5.11 Å². The Labute approximate surface area is 66.6 Å². The topological polar surface area (TPSA) is 37.3 Å². The van der Waals surface area contributed by atoms with Crippen molar-refractivity contribution in [1.82, 2.24) is 0 Å². The third-order valence-corrected chi connectivity index (χ3v) is 3.16. The molecule has 0 aromatic carbocycles. The van der Waals surface area contributed by atoms with E-state index >= 15 is 0 Å². The second-order valence-electron chi connectivity index (χ2n) is 3.84. The minimum atomic E-state index is -0.112. The molecule has 2 aliphatic carbocycles. The summed E-state index contributed by atoms with van der Waals surface area (Å²) in [7, 11) is 0. The number of fused-ring (bicyclic) bond motifs is 2. The molecule has 2 nitrogen and oxygen atoms in total. The van der Waals surface area contributed by atoms with E-state index in [9.17, 15) is 9.90 Å². The molecule has 0 saturated heterocycles. The quantitative estimate of drug-likeness (QED) is 0.568. The van der Waals surface area contributed by atoms with Gasteiger partial charge in [-0.15, -0.1) is 0 Å². The number of rotatable bonds is 0. The average molecular weight is 154 g/mol. The molecule has 0 aromatic heterocycles. The lowest BCUT2D eigenvalue weighted by atomic mass is 9.70. The Morgan fingerprint density at radius 2 is 2.09 bits per heavy atom. The maximum atomic E-state index is 11.2. The molecular weight excluding hydrogens is 140 g/mol. The van der Waals surface area contributed by atoms with E-state index in [1.165, 1.54) is 0 Å². The van der Waals surface area contributed by atoms with Crippen molar-refractivity contribution in [1.29, 1.82) is 0 Å². The number of Topliss-reactive ketones (excluding diaryl/α,β-unsaturated/α-hetero) is 1. The van der Waals surface area contributed by atoms with Crippen molar-refractivity contribution >= 4 is 5.78 Å². The lowest BCUT2D eigenvalue weighted by Crippen LogP contribution is -2.36. The van der Waals surface area contributed by atoms with Gasteiger partial charge in [0.25, 0.3) is 0 Å². The lowest BCUT2D eigenvalue weighted by Gasteiger charge is -2.36. The summed E-state index contributed by atoms with van der Waals surface area (Å²) in [6, 6.07) is 0. The molecule has 62 valence electrons. The maximum absolute atomic E-state index is 11.2. The average Bonchev–Trinajstić information content (AvgIpc) is 2.02. The van der Waals surface area contributed by atoms with Gasteiger partial charge >= 0.3 is 0 Å². The Hall–Kier alpha value is -0.370. The lowest BCUT2D eigenvalue weighted by molar-refractivity contribution is -0.129. The van der Waals surface area contributed by atoms with Crippen molar-refractivity contribution in [3.63, 3.8) is 0 Å². The second-order valence-corrected chi connectivity index (χ2v) is 3.84. The van der Waals surface area contributed by atoms with Crippen molar-refractivity contribution in [3.05, 3.63) is 0 Å². The van der Waals surface area contributed by atoms with Crippen LogP contribution in [-0.4, -0.2) is 17.0 Å². The molecule has 0 aromatic rings. The monoisotopic (exact) mass is 154 g/mol.